The van der Waals surface area contributed by atoms with Crippen molar-refractivity contribution >= 4 is 58.0 Å². The van der Waals surface area contributed by atoms with E-state index < -0.39 is 0 Å². The molecule has 2 heterocycles. The summed E-state index contributed by atoms with van der Waals surface area (Å²) in [4.78, 5) is 18.5. The first-order valence-electron chi connectivity index (χ1n) is 7.78. The molecule has 0 aliphatic carbocycles. The van der Waals surface area contributed by atoms with E-state index in [-0.39, 0.29) is 38.2 Å². The lowest BCUT2D eigenvalue weighted by Crippen LogP contribution is -2.39. The van der Waals surface area contributed by atoms with Crippen LogP contribution in [0.3, 0.4) is 0 Å². The number of carbonyl (C=O) groups is 1. The van der Waals surface area contributed by atoms with Crippen LogP contribution in [0.25, 0.3) is 0 Å². The van der Waals surface area contributed by atoms with Gasteiger partial charge in [0.25, 0.3) is 0 Å². The van der Waals surface area contributed by atoms with Crippen molar-refractivity contribution in [3.05, 3.63) is 44.9 Å². The Hall–Kier alpha value is -0.980. The van der Waals surface area contributed by atoms with Gasteiger partial charge in [-0.2, -0.15) is 0 Å². The molecule has 0 saturated carbocycles. The van der Waals surface area contributed by atoms with Crippen LogP contribution >= 0.6 is 46.4 Å². The van der Waals surface area contributed by atoms with E-state index in [1.54, 1.807) is 6.20 Å². The molecular weight excluding hydrogens is 406 g/mol. The zero-order chi connectivity index (χ0) is 18.0. The first-order chi connectivity index (χ1) is 12.0. The van der Waals surface area contributed by atoms with Gasteiger partial charge in [0.15, 0.2) is 0 Å². The lowest BCUT2D eigenvalue weighted by Gasteiger charge is -2.32. The summed E-state index contributed by atoms with van der Waals surface area (Å²) in [5, 5.41) is 3.57. The zero-order valence-electron chi connectivity index (χ0n) is 13.2. The highest BCUT2D eigenvalue weighted by Gasteiger charge is 2.23. The lowest BCUT2D eigenvalue weighted by atomic mass is 10.1. The minimum Gasteiger partial charge on any atom is -0.334 e. The number of likely N-dealkylation sites (tertiary alicyclic amines) is 1. The first kappa shape index (κ1) is 18.8. The van der Waals surface area contributed by atoms with Gasteiger partial charge in [-0.15, -0.1) is 0 Å². The number of hydrogen-bond acceptors (Lipinski definition) is 3. The molecule has 25 heavy (non-hydrogen) atoms. The highest BCUT2D eigenvalue weighted by Crippen LogP contribution is 2.41. The van der Waals surface area contributed by atoms with Crippen LogP contribution in [0.5, 0.6) is 0 Å². The monoisotopic (exact) mass is 420 g/mol. The topological polar surface area (TPSA) is 50.2 Å². The third-order valence-electron chi connectivity index (χ3n) is 4.25. The van der Waals surface area contributed by atoms with E-state index in [2.05, 4.69) is 19.8 Å². The average molecular weight is 422 g/mol. The van der Waals surface area contributed by atoms with Gasteiger partial charge in [-0.25, -0.2) is 4.98 Å². The second-order valence-electron chi connectivity index (χ2n) is 5.91. The van der Waals surface area contributed by atoms with Crippen molar-refractivity contribution in [2.24, 2.45) is 0 Å². The van der Waals surface area contributed by atoms with Crippen molar-refractivity contribution in [1.82, 2.24) is 14.5 Å². The smallest absolute Gasteiger partial charge is 0.238 e. The van der Waals surface area contributed by atoms with E-state index in [1.165, 1.54) is 6.07 Å². The fourth-order valence-corrected chi connectivity index (χ4v) is 3.83. The van der Waals surface area contributed by atoms with Crippen LogP contribution in [0.1, 0.15) is 18.9 Å². The largest absolute Gasteiger partial charge is 0.334 e. The van der Waals surface area contributed by atoms with Gasteiger partial charge in [0, 0.05) is 31.5 Å². The minimum absolute atomic E-state index is 0.184. The molecule has 1 saturated heterocycles. The van der Waals surface area contributed by atoms with Crippen LogP contribution < -0.4 is 5.32 Å². The van der Waals surface area contributed by atoms with Gasteiger partial charge in [0.2, 0.25) is 5.91 Å². The number of amides is 1. The molecule has 0 radical (unpaired) electrons. The molecule has 9 heteroatoms. The van der Waals surface area contributed by atoms with Gasteiger partial charge in [-0.05, 0) is 18.9 Å². The Morgan fingerprint density at radius 3 is 2.36 bits per heavy atom. The molecule has 134 valence electrons. The summed E-state index contributed by atoms with van der Waals surface area (Å²) in [6.07, 6.45) is 7.52. The van der Waals surface area contributed by atoms with Gasteiger partial charge >= 0.3 is 0 Å². The van der Waals surface area contributed by atoms with Gasteiger partial charge in [-0.1, -0.05) is 46.4 Å². The second kappa shape index (κ2) is 8.14. The number of nitrogens with zero attached hydrogens (tertiary/aromatic N) is 3. The lowest BCUT2D eigenvalue weighted by molar-refractivity contribution is -0.117. The van der Waals surface area contributed by atoms with Crippen molar-refractivity contribution in [3.63, 3.8) is 0 Å². The molecule has 1 fully saturated rings. The SMILES string of the molecule is O=C(CN1CCC(n2ccnc2)CC1)Nc1c(Cl)c(Cl)cc(Cl)c1Cl. The Kier molecular flexibility index (Phi) is 6.12. The Morgan fingerprint density at radius 2 is 1.80 bits per heavy atom. The molecule has 5 nitrogen and oxygen atoms in total. The molecule has 0 spiro atoms. The molecule has 1 amide bonds. The quantitative estimate of drug-likeness (QED) is 0.723. The summed E-state index contributed by atoms with van der Waals surface area (Å²) < 4.78 is 2.12. The Bertz CT molecular complexity index is 732. The molecule has 1 aromatic carbocycles. The van der Waals surface area contributed by atoms with Gasteiger partial charge in [0.05, 0.1) is 38.6 Å². The summed E-state index contributed by atoms with van der Waals surface area (Å²) in [5.74, 6) is -0.205. The van der Waals surface area contributed by atoms with Crippen molar-refractivity contribution in [3.8, 4) is 0 Å². The summed E-state index contributed by atoms with van der Waals surface area (Å²) >= 11 is 24.2. The van der Waals surface area contributed by atoms with Crippen LogP contribution in [-0.4, -0.2) is 40.0 Å². The van der Waals surface area contributed by atoms with Gasteiger partial charge in [-0.3, -0.25) is 9.69 Å². The number of imidazole rings is 1. The Morgan fingerprint density at radius 1 is 1.16 bits per heavy atom. The summed E-state index contributed by atoms with van der Waals surface area (Å²) in [6.45, 7) is 1.91. The molecule has 0 bridgehead atoms. The number of anilines is 1. The predicted molar refractivity (Wildman–Crippen MR) is 102 cm³/mol. The highest BCUT2D eigenvalue weighted by molar-refractivity contribution is 6.50. The van der Waals surface area contributed by atoms with E-state index in [4.69, 9.17) is 46.4 Å². The molecule has 1 N–H and O–H groups in total. The maximum Gasteiger partial charge on any atom is 0.238 e. The maximum atomic E-state index is 12.3. The molecular formula is C16H16Cl4N4O. The van der Waals surface area contributed by atoms with Crippen molar-refractivity contribution in [2.45, 2.75) is 18.9 Å². The number of benzene rings is 1. The highest BCUT2D eigenvalue weighted by atomic mass is 35.5. The third-order valence-corrected chi connectivity index (χ3v) is 5.82. The normalized spacial score (nSPS) is 16.2. The van der Waals surface area contributed by atoms with E-state index in [9.17, 15) is 4.79 Å². The fraction of sp³-hybridized carbons (Fsp3) is 0.375. The second-order valence-corrected chi connectivity index (χ2v) is 7.48. The van der Waals surface area contributed by atoms with Crippen LogP contribution in [0, 0.1) is 0 Å². The molecule has 1 aliphatic rings. The number of rotatable bonds is 4. The average Bonchev–Trinajstić information content (AvgIpc) is 3.12. The van der Waals surface area contributed by atoms with Gasteiger partial charge in [0.1, 0.15) is 0 Å². The molecule has 2 aromatic rings. The fourth-order valence-electron chi connectivity index (χ4n) is 2.93. The Balaban J connectivity index is 1.57. The Labute approximate surface area is 165 Å². The van der Waals surface area contributed by atoms with Crippen LogP contribution in [0.15, 0.2) is 24.8 Å². The summed E-state index contributed by atoms with van der Waals surface area (Å²) in [7, 11) is 0. The van der Waals surface area contributed by atoms with E-state index in [1.807, 2.05) is 12.5 Å². The standard InChI is InChI=1S/C16H16Cl4N4O/c17-11-7-12(18)15(20)16(14(11)19)22-13(25)8-23-4-1-10(2-5-23)24-6-3-21-9-24/h3,6-7,9-10H,1-2,4-5,8H2,(H,22,25). The number of piperidine rings is 1. The van der Waals surface area contributed by atoms with Crippen molar-refractivity contribution < 1.29 is 4.79 Å². The molecule has 0 atom stereocenters. The van der Waals surface area contributed by atoms with E-state index in [0.717, 1.165) is 25.9 Å². The number of hydrogen-bond donors (Lipinski definition) is 1. The van der Waals surface area contributed by atoms with Crippen LogP contribution in [0.4, 0.5) is 5.69 Å². The molecule has 3 rings (SSSR count). The van der Waals surface area contributed by atoms with Gasteiger partial charge < -0.3 is 9.88 Å². The number of nitrogens with one attached hydrogen (secondary N) is 1. The van der Waals surface area contributed by atoms with Crippen LogP contribution in [-0.2, 0) is 4.79 Å². The number of aromatic nitrogens is 2. The van der Waals surface area contributed by atoms with Crippen molar-refractivity contribution in [2.75, 3.05) is 25.0 Å². The summed E-state index contributed by atoms with van der Waals surface area (Å²) in [6, 6.07) is 1.88. The number of carbonyl (C=O) groups excluding carboxylic acids is 1. The van der Waals surface area contributed by atoms with E-state index >= 15 is 0 Å². The molecule has 0 unspecified atom stereocenters. The zero-order valence-corrected chi connectivity index (χ0v) is 16.2. The van der Waals surface area contributed by atoms with E-state index in [0.29, 0.717) is 6.04 Å². The van der Waals surface area contributed by atoms with Crippen LogP contribution in [0.2, 0.25) is 20.1 Å². The maximum absolute atomic E-state index is 12.3. The summed E-state index contributed by atoms with van der Waals surface area (Å²) in [5.41, 5.74) is 0.249. The van der Waals surface area contributed by atoms with Crippen molar-refractivity contribution in [1.29, 1.82) is 0 Å². The molecule has 1 aliphatic heterocycles. The molecule has 1 aromatic heterocycles. The minimum atomic E-state index is -0.205. The number of halogens is 4. The predicted octanol–water partition coefficient (Wildman–Crippen LogP) is 4.77. The third kappa shape index (κ3) is 4.41. The first-order valence-corrected chi connectivity index (χ1v) is 9.29.